The Morgan fingerprint density at radius 3 is 2.38 bits per heavy atom. The number of imidazole rings is 1. The van der Waals surface area contributed by atoms with Crippen molar-refractivity contribution in [2.75, 3.05) is 6.61 Å². The molecule has 9 nitrogen and oxygen atoms in total. The molecule has 2 aromatic carbocycles. The molecule has 1 aromatic heterocycles. The summed E-state index contributed by atoms with van der Waals surface area (Å²) in [5, 5.41) is 50.2. The maximum Gasteiger partial charge on any atom is 0.333 e. The van der Waals surface area contributed by atoms with Crippen molar-refractivity contribution in [2.24, 2.45) is 0 Å². The third-order valence-corrected chi connectivity index (χ3v) is 6.01. The number of aromatic nitrogens is 2. The second kappa shape index (κ2) is 9.07. The zero-order chi connectivity index (χ0) is 23.0. The fraction of sp³-hybridized carbons (Fsp3) is 0.318. The van der Waals surface area contributed by atoms with Crippen LogP contribution in [-0.4, -0.2) is 66.1 Å². The van der Waals surface area contributed by atoms with Gasteiger partial charge >= 0.3 is 5.69 Å². The summed E-state index contributed by atoms with van der Waals surface area (Å²) in [5.74, 6) is -0.196. The number of aromatic hydroxyl groups is 1. The first kappa shape index (κ1) is 22.5. The first-order chi connectivity index (χ1) is 15.3. The molecule has 0 spiro atoms. The molecule has 3 aromatic rings. The van der Waals surface area contributed by atoms with Gasteiger partial charge in [0.15, 0.2) is 0 Å². The van der Waals surface area contributed by atoms with E-state index in [4.69, 9.17) is 16.3 Å². The van der Waals surface area contributed by atoms with E-state index in [0.29, 0.717) is 22.7 Å². The van der Waals surface area contributed by atoms with Gasteiger partial charge in [0, 0.05) is 5.02 Å². The molecular weight excluding hydrogens is 440 g/mol. The Bertz CT molecular complexity index is 1140. The normalized spacial score (nSPS) is 25.7. The molecule has 4 rings (SSSR count). The molecule has 1 saturated heterocycles. The molecule has 1 aliphatic heterocycles. The zero-order valence-corrected chi connectivity index (χ0v) is 17.6. The number of hydrogen-bond donors (Lipinski definition) is 6. The molecule has 6 N–H and O–H groups in total. The summed E-state index contributed by atoms with van der Waals surface area (Å²) in [6.45, 7) is -0.506. The molecule has 0 aliphatic carbocycles. The van der Waals surface area contributed by atoms with E-state index in [1.165, 1.54) is 6.20 Å². The number of H-pyrrole nitrogens is 1. The highest BCUT2D eigenvalue weighted by molar-refractivity contribution is 6.31. The number of aliphatic hydroxyl groups is 4. The van der Waals surface area contributed by atoms with Gasteiger partial charge in [-0.15, -0.1) is 0 Å². The van der Waals surface area contributed by atoms with Crippen LogP contribution in [0.1, 0.15) is 22.8 Å². The first-order valence-corrected chi connectivity index (χ1v) is 10.4. The smallest absolute Gasteiger partial charge is 0.333 e. The Hall–Kier alpha value is -2.66. The van der Waals surface area contributed by atoms with E-state index < -0.39 is 42.8 Å². The number of benzene rings is 2. The lowest BCUT2D eigenvalue weighted by molar-refractivity contribution is -0.231. The van der Waals surface area contributed by atoms with Crippen LogP contribution in [0.15, 0.2) is 53.5 Å². The van der Waals surface area contributed by atoms with Crippen LogP contribution in [0.2, 0.25) is 5.02 Å². The van der Waals surface area contributed by atoms with Gasteiger partial charge in [-0.1, -0.05) is 35.9 Å². The molecule has 0 amide bonds. The van der Waals surface area contributed by atoms with Gasteiger partial charge in [-0.3, -0.25) is 0 Å². The molecule has 5 atom stereocenters. The van der Waals surface area contributed by atoms with E-state index in [2.05, 4.69) is 4.98 Å². The van der Waals surface area contributed by atoms with E-state index >= 15 is 0 Å². The number of nitrogens with zero attached hydrogens (tertiary/aromatic N) is 1. The van der Waals surface area contributed by atoms with Gasteiger partial charge in [-0.25, -0.2) is 9.36 Å². The second-order valence-corrected chi connectivity index (χ2v) is 8.14. The van der Waals surface area contributed by atoms with Gasteiger partial charge in [0.2, 0.25) is 5.88 Å². The quantitative estimate of drug-likeness (QED) is 0.326. The monoisotopic (exact) mass is 462 g/mol. The zero-order valence-electron chi connectivity index (χ0n) is 16.8. The summed E-state index contributed by atoms with van der Waals surface area (Å²) >= 11 is 6.37. The van der Waals surface area contributed by atoms with Crippen LogP contribution in [-0.2, 0) is 11.2 Å². The van der Waals surface area contributed by atoms with E-state index in [0.717, 1.165) is 15.7 Å². The van der Waals surface area contributed by atoms with Crippen LogP contribution in [0, 0.1) is 0 Å². The van der Waals surface area contributed by atoms with Crippen molar-refractivity contribution in [3.63, 3.8) is 0 Å². The number of aliphatic hydroxyl groups excluding tert-OH is 4. The molecule has 0 bridgehead atoms. The minimum absolute atomic E-state index is 0.196. The largest absolute Gasteiger partial charge is 0.493 e. The topological polar surface area (TPSA) is 148 Å². The van der Waals surface area contributed by atoms with Gasteiger partial charge in [0.05, 0.1) is 18.5 Å². The lowest BCUT2D eigenvalue weighted by Crippen LogP contribution is -2.55. The molecule has 1 fully saturated rings. The molecule has 5 unspecified atom stereocenters. The minimum atomic E-state index is -1.47. The van der Waals surface area contributed by atoms with Crippen molar-refractivity contribution in [3.05, 3.63) is 80.9 Å². The summed E-state index contributed by atoms with van der Waals surface area (Å²) in [6, 6.07) is 12.0. The first-order valence-electron chi connectivity index (χ1n) is 9.97. The third-order valence-electron chi connectivity index (χ3n) is 5.64. The number of aromatic amines is 1. The van der Waals surface area contributed by atoms with Crippen molar-refractivity contribution >= 4 is 11.6 Å². The highest BCUT2D eigenvalue weighted by atomic mass is 35.5. The number of ether oxygens (including phenoxy) is 1. The second-order valence-electron chi connectivity index (χ2n) is 7.73. The maximum absolute atomic E-state index is 11.8. The molecule has 0 radical (unpaired) electrons. The van der Waals surface area contributed by atoms with E-state index in [1.807, 2.05) is 0 Å². The van der Waals surface area contributed by atoms with Crippen LogP contribution >= 0.6 is 11.6 Å². The summed E-state index contributed by atoms with van der Waals surface area (Å²) < 4.78 is 6.76. The van der Waals surface area contributed by atoms with Gasteiger partial charge in [0.25, 0.3) is 0 Å². The average Bonchev–Trinajstić information content (AvgIpc) is 3.12. The highest BCUT2D eigenvalue weighted by Crippen LogP contribution is 2.34. The molecular formula is C22H23ClN2O7. The van der Waals surface area contributed by atoms with Crippen molar-refractivity contribution < 1.29 is 30.3 Å². The van der Waals surface area contributed by atoms with Crippen LogP contribution in [0.5, 0.6) is 5.88 Å². The summed E-state index contributed by atoms with van der Waals surface area (Å²) in [7, 11) is 0. The SMILES string of the molecule is O=c1[nH]cc(O)n1-c1ccc(Cc2cc(C3OC(CO)C(O)C(O)C3O)ccc2Cl)cc1. The Balaban J connectivity index is 1.58. The van der Waals surface area contributed by atoms with Gasteiger partial charge in [0.1, 0.15) is 30.5 Å². The molecule has 10 heteroatoms. The van der Waals surface area contributed by atoms with E-state index in [1.54, 1.807) is 42.5 Å². The fourth-order valence-corrected chi connectivity index (χ4v) is 4.06. The Kier molecular flexibility index (Phi) is 6.38. The summed E-state index contributed by atoms with van der Waals surface area (Å²) in [4.78, 5) is 14.2. The highest BCUT2D eigenvalue weighted by Gasteiger charge is 2.44. The van der Waals surface area contributed by atoms with Crippen LogP contribution in [0.3, 0.4) is 0 Å². The van der Waals surface area contributed by atoms with Crippen LogP contribution in [0.25, 0.3) is 5.69 Å². The molecule has 32 heavy (non-hydrogen) atoms. The van der Waals surface area contributed by atoms with Crippen molar-refractivity contribution in [3.8, 4) is 11.6 Å². The third kappa shape index (κ3) is 4.18. The predicted molar refractivity (Wildman–Crippen MR) is 115 cm³/mol. The predicted octanol–water partition coefficient (Wildman–Crippen LogP) is 0.630. The van der Waals surface area contributed by atoms with Gasteiger partial charge < -0.3 is 35.3 Å². The molecule has 0 saturated carbocycles. The maximum atomic E-state index is 11.8. The van der Waals surface area contributed by atoms with Gasteiger partial charge in [-0.05, 0) is 41.3 Å². The number of hydrogen-bond acceptors (Lipinski definition) is 7. The number of nitrogens with one attached hydrogen (secondary N) is 1. The fourth-order valence-electron chi connectivity index (χ4n) is 3.88. The van der Waals surface area contributed by atoms with Crippen molar-refractivity contribution in [1.82, 2.24) is 9.55 Å². The Morgan fingerprint density at radius 2 is 1.75 bits per heavy atom. The average molecular weight is 463 g/mol. The lowest BCUT2D eigenvalue weighted by atomic mass is 9.90. The number of halogens is 1. The standard InChI is InChI=1S/C22H23ClN2O7/c23-15-6-3-12(21-20(30)19(29)18(28)16(10-26)32-21)8-13(15)7-11-1-4-14(5-2-11)25-17(27)9-24-22(25)31/h1-6,8-9,16,18-21,26-30H,7,10H2,(H,24,31). The van der Waals surface area contributed by atoms with Gasteiger partial charge in [-0.2, -0.15) is 0 Å². The van der Waals surface area contributed by atoms with Crippen LogP contribution < -0.4 is 5.69 Å². The molecule has 170 valence electrons. The summed E-state index contributed by atoms with van der Waals surface area (Å²) in [6.07, 6.45) is -4.59. The number of rotatable bonds is 5. The van der Waals surface area contributed by atoms with E-state index in [-0.39, 0.29) is 5.88 Å². The van der Waals surface area contributed by atoms with E-state index in [9.17, 15) is 30.3 Å². The van der Waals surface area contributed by atoms with Crippen LogP contribution in [0.4, 0.5) is 0 Å². The molecule has 1 aliphatic rings. The molecule has 2 heterocycles. The minimum Gasteiger partial charge on any atom is -0.493 e. The Labute approximate surface area is 187 Å². The summed E-state index contributed by atoms with van der Waals surface area (Å²) in [5.41, 5.74) is 2.20. The van der Waals surface area contributed by atoms with Crippen molar-refractivity contribution in [1.29, 1.82) is 0 Å². The Morgan fingerprint density at radius 1 is 1.03 bits per heavy atom. The van der Waals surface area contributed by atoms with Crippen molar-refractivity contribution in [2.45, 2.75) is 36.9 Å². The lowest BCUT2D eigenvalue weighted by Gasteiger charge is -2.40.